The Labute approximate surface area is 118 Å². The Kier molecular flexibility index (Phi) is 5.82. The van der Waals surface area contributed by atoms with Gasteiger partial charge in [-0.3, -0.25) is 4.79 Å². The van der Waals surface area contributed by atoms with E-state index in [0.717, 1.165) is 18.0 Å². The highest BCUT2D eigenvalue weighted by molar-refractivity contribution is 7.12. The van der Waals surface area contributed by atoms with Crippen LogP contribution in [0.3, 0.4) is 0 Å². The van der Waals surface area contributed by atoms with E-state index in [4.69, 9.17) is 5.11 Å². The maximum absolute atomic E-state index is 10.6. The average molecular weight is 282 g/mol. The Balaban J connectivity index is 1.57. The van der Waals surface area contributed by atoms with Crippen LogP contribution < -0.4 is 5.32 Å². The number of rotatable bonds is 8. The lowest BCUT2D eigenvalue weighted by Crippen LogP contribution is -2.24. The van der Waals surface area contributed by atoms with Crippen LogP contribution in [0.2, 0.25) is 0 Å². The highest BCUT2D eigenvalue weighted by Gasteiger charge is 2.10. The molecule has 1 aromatic rings. The molecule has 0 radical (unpaired) electrons. The second-order valence-corrected chi connectivity index (χ2v) is 6.27. The second kappa shape index (κ2) is 7.62. The summed E-state index contributed by atoms with van der Waals surface area (Å²) in [6.45, 7) is 5.61. The van der Waals surface area contributed by atoms with E-state index < -0.39 is 5.97 Å². The third kappa shape index (κ3) is 5.30. The van der Waals surface area contributed by atoms with Gasteiger partial charge in [-0.2, -0.15) is 0 Å². The molecular formula is C14H22N2O2S. The van der Waals surface area contributed by atoms with E-state index in [9.17, 15) is 4.79 Å². The number of likely N-dealkylation sites (tertiary alicyclic amines) is 1. The number of thiophene rings is 1. The Morgan fingerprint density at radius 3 is 2.79 bits per heavy atom. The summed E-state index contributed by atoms with van der Waals surface area (Å²) in [4.78, 5) is 15.3. The molecule has 1 saturated heterocycles. The van der Waals surface area contributed by atoms with Gasteiger partial charge in [-0.25, -0.2) is 0 Å². The SMILES string of the molecule is O=C(O)Cc1ccc(CNCCCN2CCCC2)s1. The number of hydrogen-bond donors (Lipinski definition) is 2. The van der Waals surface area contributed by atoms with Crippen LogP contribution in [-0.4, -0.2) is 42.2 Å². The molecule has 0 aromatic carbocycles. The quantitative estimate of drug-likeness (QED) is 0.716. The third-order valence-corrected chi connectivity index (χ3v) is 4.45. The largest absolute Gasteiger partial charge is 0.481 e. The molecule has 0 atom stereocenters. The van der Waals surface area contributed by atoms with Crippen molar-refractivity contribution in [3.05, 3.63) is 21.9 Å². The normalized spacial score (nSPS) is 16.0. The molecule has 19 heavy (non-hydrogen) atoms. The summed E-state index contributed by atoms with van der Waals surface area (Å²) in [6, 6.07) is 3.94. The average Bonchev–Trinajstić information content (AvgIpc) is 3.00. The van der Waals surface area contributed by atoms with E-state index in [-0.39, 0.29) is 6.42 Å². The van der Waals surface area contributed by atoms with Crippen LogP contribution in [0.15, 0.2) is 12.1 Å². The third-order valence-electron chi connectivity index (χ3n) is 3.37. The minimum absolute atomic E-state index is 0.139. The van der Waals surface area contributed by atoms with Crippen molar-refractivity contribution in [3.63, 3.8) is 0 Å². The molecule has 0 unspecified atom stereocenters. The summed E-state index contributed by atoms with van der Waals surface area (Å²) in [6.07, 6.45) is 4.04. The van der Waals surface area contributed by atoms with Crippen LogP contribution >= 0.6 is 11.3 Å². The first-order valence-corrected chi connectivity index (χ1v) is 7.78. The number of carboxylic acids is 1. The first kappa shape index (κ1) is 14.5. The molecule has 5 heteroatoms. The van der Waals surface area contributed by atoms with Gasteiger partial charge >= 0.3 is 5.97 Å². The van der Waals surface area contributed by atoms with Gasteiger partial charge in [-0.1, -0.05) is 0 Å². The Morgan fingerprint density at radius 2 is 2.05 bits per heavy atom. The van der Waals surface area contributed by atoms with Gasteiger partial charge in [0.1, 0.15) is 0 Å². The van der Waals surface area contributed by atoms with Crippen molar-refractivity contribution < 1.29 is 9.90 Å². The molecule has 0 bridgehead atoms. The lowest BCUT2D eigenvalue weighted by Gasteiger charge is -2.14. The molecule has 2 N–H and O–H groups in total. The molecule has 106 valence electrons. The van der Waals surface area contributed by atoms with Gasteiger partial charge in [0.2, 0.25) is 0 Å². The van der Waals surface area contributed by atoms with Gasteiger partial charge in [-0.15, -0.1) is 11.3 Å². The summed E-state index contributed by atoms with van der Waals surface area (Å²) < 4.78 is 0. The Hall–Kier alpha value is -0.910. The molecule has 1 aliphatic heterocycles. The van der Waals surface area contributed by atoms with Crippen molar-refractivity contribution >= 4 is 17.3 Å². The van der Waals surface area contributed by atoms with Crippen molar-refractivity contribution in [2.24, 2.45) is 0 Å². The zero-order valence-electron chi connectivity index (χ0n) is 11.2. The summed E-state index contributed by atoms with van der Waals surface area (Å²) in [5.74, 6) is -0.757. The fourth-order valence-corrected chi connectivity index (χ4v) is 3.39. The van der Waals surface area contributed by atoms with Crippen LogP contribution in [-0.2, 0) is 17.8 Å². The number of nitrogens with zero attached hydrogens (tertiary/aromatic N) is 1. The minimum atomic E-state index is -0.757. The summed E-state index contributed by atoms with van der Waals surface area (Å²) in [7, 11) is 0. The maximum Gasteiger partial charge on any atom is 0.308 e. The second-order valence-electron chi connectivity index (χ2n) is 5.02. The first-order valence-electron chi connectivity index (χ1n) is 6.96. The molecule has 0 saturated carbocycles. The molecule has 0 spiro atoms. The fraction of sp³-hybridized carbons (Fsp3) is 0.643. The van der Waals surface area contributed by atoms with E-state index in [2.05, 4.69) is 10.2 Å². The van der Waals surface area contributed by atoms with Crippen LogP contribution in [0, 0.1) is 0 Å². The van der Waals surface area contributed by atoms with Gasteiger partial charge < -0.3 is 15.3 Å². The standard InChI is InChI=1S/C14H22N2O2S/c17-14(18)10-12-4-5-13(19-12)11-15-6-3-9-16-7-1-2-8-16/h4-5,15H,1-3,6-11H2,(H,17,18). The summed E-state index contributed by atoms with van der Waals surface area (Å²) in [5, 5.41) is 12.1. The predicted molar refractivity (Wildman–Crippen MR) is 77.7 cm³/mol. The Bertz CT molecular complexity index is 400. The van der Waals surface area contributed by atoms with Crippen molar-refractivity contribution in [1.82, 2.24) is 10.2 Å². The van der Waals surface area contributed by atoms with E-state index in [1.165, 1.54) is 43.8 Å². The summed E-state index contributed by atoms with van der Waals surface area (Å²) >= 11 is 1.59. The lowest BCUT2D eigenvalue weighted by atomic mass is 10.3. The van der Waals surface area contributed by atoms with E-state index in [1.54, 1.807) is 11.3 Å². The zero-order valence-corrected chi connectivity index (χ0v) is 12.0. The van der Waals surface area contributed by atoms with Crippen molar-refractivity contribution in [3.8, 4) is 0 Å². The van der Waals surface area contributed by atoms with Crippen LogP contribution in [0.1, 0.15) is 29.0 Å². The van der Waals surface area contributed by atoms with Crippen LogP contribution in [0.25, 0.3) is 0 Å². The smallest absolute Gasteiger partial charge is 0.308 e. The highest BCUT2D eigenvalue weighted by Crippen LogP contribution is 2.16. The maximum atomic E-state index is 10.6. The molecule has 1 aliphatic rings. The predicted octanol–water partition coefficient (Wildman–Crippen LogP) is 1.95. The molecule has 1 aromatic heterocycles. The number of hydrogen-bond acceptors (Lipinski definition) is 4. The number of nitrogens with one attached hydrogen (secondary N) is 1. The van der Waals surface area contributed by atoms with Crippen molar-refractivity contribution in [1.29, 1.82) is 0 Å². The van der Waals surface area contributed by atoms with Gasteiger partial charge in [0.15, 0.2) is 0 Å². The van der Waals surface area contributed by atoms with Crippen molar-refractivity contribution in [2.45, 2.75) is 32.2 Å². The topological polar surface area (TPSA) is 52.6 Å². The van der Waals surface area contributed by atoms with E-state index in [0.29, 0.717) is 0 Å². The molecule has 1 fully saturated rings. The van der Waals surface area contributed by atoms with Crippen LogP contribution in [0.5, 0.6) is 0 Å². The Morgan fingerprint density at radius 1 is 1.32 bits per heavy atom. The highest BCUT2D eigenvalue weighted by atomic mass is 32.1. The minimum Gasteiger partial charge on any atom is -0.481 e. The molecule has 0 amide bonds. The molecular weight excluding hydrogens is 260 g/mol. The molecule has 2 heterocycles. The number of aliphatic carboxylic acids is 1. The van der Waals surface area contributed by atoms with Crippen molar-refractivity contribution in [2.75, 3.05) is 26.2 Å². The van der Waals surface area contributed by atoms with Gasteiger partial charge in [0.05, 0.1) is 6.42 Å². The van der Waals surface area contributed by atoms with Gasteiger partial charge in [-0.05, 0) is 57.6 Å². The van der Waals surface area contributed by atoms with E-state index in [1.807, 2.05) is 12.1 Å². The molecule has 4 nitrogen and oxygen atoms in total. The fourth-order valence-electron chi connectivity index (χ4n) is 2.41. The zero-order chi connectivity index (χ0) is 13.5. The van der Waals surface area contributed by atoms with Crippen LogP contribution in [0.4, 0.5) is 0 Å². The summed E-state index contributed by atoms with van der Waals surface area (Å²) in [5.41, 5.74) is 0. The number of carboxylic acid groups (broad SMARTS) is 1. The van der Waals surface area contributed by atoms with Gasteiger partial charge in [0.25, 0.3) is 0 Å². The first-order chi connectivity index (χ1) is 9.24. The monoisotopic (exact) mass is 282 g/mol. The lowest BCUT2D eigenvalue weighted by molar-refractivity contribution is -0.136. The van der Waals surface area contributed by atoms with Gasteiger partial charge in [0, 0.05) is 16.3 Å². The molecule has 2 rings (SSSR count). The number of carbonyl (C=O) groups is 1. The molecule has 0 aliphatic carbocycles. The van der Waals surface area contributed by atoms with E-state index >= 15 is 0 Å².